The molecule has 0 saturated carbocycles. The summed E-state index contributed by atoms with van der Waals surface area (Å²) < 4.78 is 18.6. The molecule has 0 amide bonds. The molecular formula is C23H23N2O2P. The van der Waals surface area contributed by atoms with Crippen molar-refractivity contribution in [3.63, 3.8) is 0 Å². The summed E-state index contributed by atoms with van der Waals surface area (Å²) >= 11 is 0. The molecule has 1 heterocycles. The van der Waals surface area contributed by atoms with Crippen LogP contribution in [0.3, 0.4) is 0 Å². The molecule has 0 unspecified atom stereocenters. The van der Waals surface area contributed by atoms with E-state index in [1.807, 2.05) is 50.2 Å². The second-order valence-electron chi connectivity index (χ2n) is 6.85. The quantitative estimate of drug-likeness (QED) is 0.319. The zero-order valence-corrected chi connectivity index (χ0v) is 16.9. The summed E-state index contributed by atoms with van der Waals surface area (Å²) in [5.74, 6) is 0.394. The molecule has 0 aliphatic heterocycles. The Morgan fingerprint density at radius 1 is 0.893 bits per heavy atom. The fraction of sp³-hybridized carbons (Fsp3) is 0.174. The molecule has 4 aromatic rings. The molecular weight excluding hydrogens is 367 g/mol. The Morgan fingerprint density at radius 3 is 2.43 bits per heavy atom. The molecule has 1 aromatic heterocycles. The van der Waals surface area contributed by atoms with Crippen molar-refractivity contribution < 1.29 is 9.09 Å². The van der Waals surface area contributed by atoms with Gasteiger partial charge in [-0.3, -0.25) is 4.57 Å². The number of nitrogen functional groups attached to an aromatic ring is 1. The third kappa shape index (κ3) is 3.36. The molecule has 0 aliphatic carbocycles. The Hall–Kier alpha value is -2.84. The Bertz CT molecular complexity index is 1210. The van der Waals surface area contributed by atoms with Crippen LogP contribution in [0.5, 0.6) is 5.88 Å². The highest BCUT2D eigenvalue weighted by molar-refractivity contribution is 7.59. The monoisotopic (exact) mass is 390 g/mol. The molecule has 0 fully saturated rings. The molecule has 142 valence electrons. The second-order valence-corrected chi connectivity index (χ2v) is 9.93. The predicted octanol–water partition coefficient (Wildman–Crippen LogP) is 6.33. The standard InChI is InChI=1S/C23H23N2O2P/c1-3-28(26,4-2)27-22-13-12-17-14-18(24)15-21(23(17)25-22)20-11-7-9-16-8-5-6-10-19(16)20/h5-15H,3-4,24H2,1-2H3. The van der Waals surface area contributed by atoms with Crippen LogP contribution >= 0.6 is 7.37 Å². The molecule has 0 atom stereocenters. The summed E-state index contributed by atoms with van der Waals surface area (Å²) in [5, 5.41) is 3.22. The minimum atomic E-state index is -2.70. The van der Waals surface area contributed by atoms with Crippen molar-refractivity contribution in [3.05, 3.63) is 66.7 Å². The third-order valence-electron chi connectivity index (χ3n) is 5.09. The SMILES string of the molecule is CCP(=O)(CC)Oc1ccc2cc(N)cc(-c3cccc4ccccc34)c2n1. The number of pyridine rings is 1. The van der Waals surface area contributed by atoms with E-state index in [9.17, 15) is 4.57 Å². The molecule has 5 heteroatoms. The number of nitrogens with zero attached hydrogens (tertiary/aromatic N) is 1. The largest absolute Gasteiger partial charge is 0.425 e. The summed E-state index contributed by atoms with van der Waals surface area (Å²) in [4.78, 5) is 4.73. The van der Waals surface area contributed by atoms with E-state index in [1.165, 1.54) is 0 Å². The number of anilines is 1. The molecule has 2 N–H and O–H groups in total. The molecule has 4 rings (SSSR count). The minimum absolute atomic E-state index is 0.394. The van der Waals surface area contributed by atoms with Gasteiger partial charge in [-0.15, -0.1) is 0 Å². The average Bonchev–Trinajstić information content (AvgIpc) is 2.73. The Labute approximate surface area is 164 Å². The molecule has 0 saturated heterocycles. The van der Waals surface area contributed by atoms with Crippen LogP contribution in [0.2, 0.25) is 0 Å². The van der Waals surface area contributed by atoms with Gasteiger partial charge < -0.3 is 10.3 Å². The summed E-state index contributed by atoms with van der Waals surface area (Å²) in [6.07, 6.45) is 0.974. The first-order chi connectivity index (χ1) is 13.5. The van der Waals surface area contributed by atoms with Crippen molar-refractivity contribution in [1.82, 2.24) is 4.98 Å². The molecule has 0 bridgehead atoms. The van der Waals surface area contributed by atoms with Crippen molar-refractivity contribution in [2.24, 2.45) is 0 Å². The van der Waals surface area contributed by atoms with E-state index in [0.717, 1.165) is 32.8 Å². The number of hydrogen-bond donors (Lipinski definition) is 1. The lowest BCUT2D eigenvalue weighted by Gasteiger charge is -2.17. The fourth-order valence-electron chi connectivity index (χ4n) is 3.48. The van der Waals surface area contributed by atoms with Gasteiger partial charge in [0.2, 0.25) is 13.2 Å². The van der Waals surface area contributed by atoms with Gasteiger partial charge in [-0.25, -0.2) is 4.98 Å². The number of fused-ring (bicyclic) bond motifs is 2. The maximum atomic E-state index is 12.8. The van der Waals surface area contributed by atoms with E-state index < -0.39 is 7.37 Å². The zero-order valence-electron chi connectivity index (χ0n) is 16.1. The minimum Gasteiger partial charge on any atom is -0.425 e. The number of nitrogens with two attached hydrogens (primary N) is 1. The van der Waals surface area contributed by atoms with E-state index in [0.29, 0.717) is 23.9 Å². The Kier molecular flexibility index (Phi) is 4.82. The van der Waals surface area contributed by atoms with Crippen molar-refractivity contribution in [1.29, 1.82) is 0 Å². The van der Waals surface area contributed by atoms with Crippen LogP contribution < -0.4 is 10.3 Å². The van der Waals surface area contributed by atoms with Gasteiger partial charge in [-0.2, -0.15) is 0 Å². The summed E-state index contributed by atoms with van der Waals surface area (Å²) in [6, 6.07) is 22.0. The fourth-order valence-corrected chi connectivity index (χ4v) is 4.63. The van der Waals surface area contributed by atoms with Crippen LogP contribution in [0.15, 0.2) is 66.7 Å². The Balaban J connectivity index is 1.95. The molecule has 4 nitrogen and oxygen atoms in total. The summed E-state index contributed by atoms with van der Waals surface area (Å²) in [7, 11) is -2.70. The number of benzene rings is 3. The van der Waals surface area contributed by atoms with Crippen LogP contribution in [0.25, 0.3) is 32.8 Å². The molecule has 0 aliphatic rings. The van der Waals surface area contributed by atoms with Crippen LogP contribution in [-0.2, 0) is 4.57 Å². The molecule has 0 radical (unpaired) electrons. The highest BCUT2D eigenvalue weighted by atomic mass is 31.2. The van der Waals surface area contributed by atoms with Crippen molar-refractivity contribution in [3.8, 4) is 17.0 Å². The number of aromatic nitrogens is 1. The lowest BCUT2D eigenvalue weighted by molar-refractivity contribution is 0.475. The first-order valence-electron chi connectivity index (χ1n) is 9.49. The normalized spacial score (nSPS) is 11.8. The van der Waals surface area contributed by atoms with Crippen molar-refractivity contribution in [2.45, 2.75) is 13.8 Å². The van der Waals surface area contributed by atoms with Crippen LogP contribution in [0.4, 0.5) is 5.69 Å². The summed E-state index contributed by atoms with van der Waals surface area (Å²) in [6.45, 7) is 3.76. The predicted molar refractivity (Wildman–Crippen MR) is 118 cm³/mol. The lowest BCUT2D eigenvalue weighted by Crippen LogP contribution is -2.00. The van der Waals surface area contributed by atoms with Gasteiger partial charge in [0, 0.05) is 35.0 Å². The van der Waals surface area contributed by atoms with Gasteiger partial charge in [0.15, 0.2) is 0 Å². The third-order valence-corrected chi connectivity index (χ3v) is 7.54. The number of hydrogen-bond acceptors (Lipinski definition) is 4. The topological polar surface area (TPSA) is 65.2 Å². The highest BCUT2D eigenvalue weighted by Crippen LogP contribution is 2.46. The smallest absolute Gasteiger partial charge is 0.249 e. The number of rotatable bonds is 5. The van der Waals surface area contributed by atoms with Gasteiger partial charge in [0.25, 0.3) is 0 Å². The van der Waals surface area contributed by atoms with E-state index in [2.05, 4.69) is 24.3 Å². The maximum Gasteiger partial charge on any atom is 0.249 e. The van der Waals surface area contributed by atoms with Crippen LogP contribution in [0, 0.1) is 0 Å². The maximum absolute atomic E-state index is 12.8. The van der Waals surface area contributed by atoms with Crippen LogP contribution in [0.1, 0.15) is 13.8 Å². The second kappa shape index (κ2) is 7.29. The summed E-state index contributed by atoms with van der Waals surface area (Å²) in [5.41, 5.74) is 9.67. The lowest BCUT2D eigenvalue weighted by atomic mass is 9.96. The van der Waals surface area contributed by atoms with Gasteiger partial charge in [0.05, 0.1) is 5.52 Å². The highest BCUT2D eigenvalue weighted by Gasteiger charge is 2.20. The van der Waals surface area contributed by atoms with Gasteiger partial charge >= 0.3 is 0 Å². The molecule has 3 aromatic carbocycles. The average molecular weight is 390 g/mol. The van der Waals surface area contributed by atoms with E-state index in [-0.39, 0.29) is 0 Å². The molecule has 0 spiro atoms. The zero-order chi connectivity index (χ0) is 19.7. The van der Waals surface area contributed by atoms with Crippen molar-refractivity contribution in [2.75, 3.05) is 18.1 Å². The first-order valence-corrected chi connectivity index (χ1v) is 11.5. The van der Waals surface area contributed by atoms with Gasteiger partial charge in [-0.05, 0) is 34.5 Å². The van der Waals surface area contributed by atoms with Crippen LogP contribution in [-0.4, -0.2) is 17.3 Å². The van der Waals surface area contributed by atoms with E-state index in [1.54, 1.807) is 6.07 Å². The van der Waals surface area contributed by atoms with Crippen molar-refractivity contribution >= 4 is 34.7 Å². The van der Waals surface area contributed by atoms with Gasteiger partial charge in [-0.1, -0.05) is 56.3 Å². The van der Waals surface area contributed by atoms with E-state index in [4.69, 9.17) is 15.2 Å². The molecule has 28 heavy (non-hydrogen) atoms. The Morgan fingerprint density at radius 2 is 1.64 bits per heavy atom. The van der Waals surface area contributed by atoms with Gasteiger partial charge in [0.1, 0.15) is 0 Å². The van der Waals surface area contributed by atoms with E-state index >= 15 is 0 Å². The first kappa shape index (κ1) is 18.5.